The molecule has 1 unspecified atom stereocenters. The van der Waals surface area contributed by atoms with Crippen molar-refractivity contribution in [2.75, 3.05) is 6.54 Å². The van der Waals surface area contributed by atoms with Crippen molar-refractivity contribution in [3.63, 3.8) is 0 Å². The monoisotopic (exact) mass is 323 g/mol. The fraction of sp³-hybridized carbons (Fsp3) is 0.389. The highest BCUT2D eigenvalue weighted by molar-refractivity contribution is 5.73. The molecule has 0 fully saturated rings. The minimum absolute atomic E-state index is 0.0152. The van der Waals surface area contributed by atoms with Crippen LogP contribution in [0.1, 0.15) is 37.3 Å². The van der Waals surface area contributed by atoms with E-state index in [1.807, 2.05) is 36.7 Å². The van der Waals surface area contributed by atoms with Crippen LogP contribution in [0.2, 0.25) is 0 Å². The first-order valence-electron chi connectivity index (χ1n) is 8.40. The summed E-state index contributed by atoms with van der Waals surface area (Å²) in [5, 5.41) is 8.47. The van der Waals surface area contributed by atoms with E-state index in [-0.39, 0.29) is 17.6 Å². The lowest BCUT2D eigenvalue weighted by molar-refractivity contribution is 0.398. The number of nitrogens with one attached hydrogen (secondary N) is 1. The Morgan fingerprint density at radius 1 is 1.29 bits per heavy atom. The molecule has 124 valence electrons. The fourth-order valence-corrected chi connectivity index (χ4v) is 3.35. The standard InChI is InChI=1S/C18H21N5O/c1-12(2)23-16-14(11-20-23)18(24)22-9-8-19-15(17(22)21-16)10-13-6-4-3-5-7-13/h3-7,11-12,15,19H,8-10H2,1-2H3. The Morgan fingerprint density at radius 3 is 2.83 bits per heavy atom. The van der Waals surface area contributed by atoms with Gasteiger partial charge in [-0.15, -0.1) is 0 Å². The van der Waals surface area contributed by atoms with Gasteiger partial charge in [0.1, 0.15) is 11.2 Å². The molecule has 3 aromatic rings. The molecule has 0 aliphatic carbocycles. The second-order valence-corrected chi connectivity index (χ2v) is 6.54. The molecule has 0 radical (unpaired) electrons. The van der Waals surface area contributed by atoms with Crippen molar-refractivity contribution in [1.29, 1.82) is 0 Å². The SMILES string of the molecule is CC(C)n1ncc2c(=O)n3c(nc21)C(Cc1ccccc1)NCC3. The molecule has 1 aliphatic rings. The maximum Gasteiger partial charge on any atom is 0.264 e. The van der Waals surface area contributed by atoms with Crippen LogP contribution in [-0.4, -0.2) is 25.9 Å². The highest BCUT2D eigenvalue weighted by Gasteiger charge is 2.25. The largest absolute Gasteiger partial charge is 0.305 e. The van der Waals surface area contributed by atoms with Crippen LogP contribution in [0, 0.1) is 0 Å². The van der Waals surface area contributed by atoms with Crippen molar-refractivity contribution >= 4 is 11.0 Å². The summed E-state index contributed by atoms with van der Waals surface area (Å²) in [6.07, 6.45) is 2.46. The quantitative estimate of drug-likeness (QED) is 0.801. The van der Waals surface area contributed by atoms with Gasteiger partial charge in [-0.3, -0.25) is 9.36 Å². The van der Waals surface area contributed by atoms with E-state index in [2.05, 4.69) is 22.5 Å². The number of hydrogen-bond acceptors (Lipinski definition) is 4. The van der Waals surface area contributed by atoms with Gasteiger partial charge in [-0.1, -0.05) is 30.3 Å². The third kappa shape index (κ3) is 2.43. The second-order valence-electron chi connectivity index (χ2n) is 6.54. The summed E-state index contributed by atoms with van der Waals surface area (Å²) in [5.41, 5.74) is 1.93. The molecule has 0 saturated carbocycles. The molecule has 2 aromatic heterocycles. The summed E-state index contributed by atoms with van der Waals surface area (Å²) >= 11 is 0. The van der Waals surface area contributed by atoms with Crippen molar-refractivity contribution in [2.45, 2.75) is 38.9 Å². The van der Waals surface area contributed by atoms with E-state index in [0.717, 1.165) is 18.8 Å². The highest BCUT2D eigenvalue weighted by atomic mass is 16.1. The Morgan fingerprint density at radius 2 is 2.08 bits per heavy atom. The Hall–Kier alpha value is -2.47. The molecule has 0 amide bonds. The first-order valence-corrected chi connectivity index (χ1v) is 8.40. The summed E-state index contributed by atoms with van der Waals surface area (Å²) in [6.45, 7) is 5.51. The van der Waals surface area contributed by atoms with Gasteiger partial charge in [-0.2, -0.15) is 5.10 Å². The van der Waals surface area contributed by atoms with Crippen molar-refractivity contribution in [1.82, 2.24) is 24.6 Å². The van der Waals surface area contributed by atoms with Crippen molar-refractivity contribution in [3.05, 3.63) is 58.3 Å². The normalized spacial score (nSPS) is 17.4. The van der Waals surface area contributed by atoms with Crippen LogP contribution in [0.25, 0.3) is 11.0 Å². The van der Waals surface area contributed by atoms with E-state index in [4.69, 9.17) is 4.98 Å². The minimum atomic E-state index is 0.0152. The summed E-state index contributed by atoms with van der Waals surface area (Å²) in [5.74, 6) is 0.810. The van der Waals surface area contributed by atoms with Crippen molar-refractivity contribution in [3.8, 4) is 0 Å². The van der Waals surface area contributed by atoms with E-state index >= 15 is 0 Å². The van der Waals surface area contributed by atoms with Gasteiger partial charge < -0.3 is 5.32 Å². The third-order valence-electron chi connectivity index (χ3n) is 4.55. The van der Waals surface area contributed by atoms with E-state index in [1.54, 1.807) is 10.8 Å². The molecule has 1 atom stereocenters. The summed E-state index contributed by atoms with van der Waals surface area (Å²) in [4.78, 5) is 17.7. The van der Waals surface area contributed by atoms with Gasteiger partial charge in [0.15, 0.2) is 5.65 Å². The molecule has 1 aliphatic heterocycles. The third-order valence-corrected chi connectivity index (χ3v) is 4.55. The maximum atomic E-state index is 12.8. The van der Waals surface area contributed by atoms with Gasteiger partial charge in [-0.25, -0.2) is 9.67 Å². The summed E-state index contributed by atoms with van der Waals surface area (Å²) in [7, 11) is 0. The lowest BCUT2D eigenvalue weighted by Crippen LogP contribution is -2.41. The molecule has 1 aromatic carbocycles. The van der Waals surface area contributed by atoms with Gasteiger partial charge in [0.25, 0.3) is 5.56 Å². The molecule has 6 nitrogen and oxygen atoms in total. The van der Waals surface area contributed by atoms with Gasteiger partial charge in [0.05, 0.1) is 12.2 Å². The van der Waals surface area contributed by atoms with Crippen LogP contribution < -0.4 is 10.9 Å². The molecular formula is C18H21N5O. The van der Waals surface area contributed by atoms with E-state index in [9.17, 15) is 4.79 Å². The van der Waals surface area contributed by atoms with Crippen LogP contribution in [0.4, 0.5) is 0 Å². The predicted octanol–water partition coefficient (Wildman–Crippen LogP) is 2.06. The van der Waals surface area contributed by atoms with Crippen LogP contribution >= 0.6 is 0 Å². The number of benzene rings is 1. The average molecular weight is 323 g/mol. The summed E-state index contributed by atoms with van der Waals surface area (Å²) < 4.78 is 3.63. The molecule has 0 spiro atoms. The Bertz CT molecular complexity index is 926. The van der Waals surface area contributed by atoms with Crippen LogP contribution in [0.5, 0.6) is 0 Å². The molecular weight excluding hydrogens is 302 g/mol. The fourth-order valence-electron chi connectivity index (χ4n) is 3.35. The van der Waals surface area contributed by atoms with Crippen LogP contribution in [-0.2, 0) is 13.0 Å². The average Bonchev–Trinajstić information content (AvgIpc) is 3.01. The molecule has 1 N–H and O–H groups in total. The second kappa shape index (κ2) is 5.87. The zero-order valence-electron chi connectivity index (χ0n) is 13.9. The van der Waals surface area contributed by atoms with Crippen LogP contribution in [0.3, 0.4) is 0 Å². The molecule has 6 heteroatoms. The molecule has 0 saturated heterocycles. The summed E-state index contributed by atoms with van der Waals surface area (Å²) in [6, 6.07) is 10.5. The Kier molecular flexibility index (Phi) is 3.69. The highest BCUT2D eigenvalue weighted by Crippen LogP contribution is 2.22. The number of rotatable bonds is 3. The first kappa shape index (κ1) is 15.1. The van der Waals surface area contributed by atoms with E-state index < -0.39 is 0 Å². The number of nitrogens with zero attached hydrogens (tertiary/aromatic N) is 4. The van der Waals surface area contributed by atoms with Crippen molar-refractivity contribution in [2.24, 2.45) is 0 Å². The molecule has 24 heavy (non-hydrogen) atoms. The first-order chi connectivity index (χ1) is 11.6. The zero-order chi connectivity index (χ0) is 16.7. The van der Waals surface area contributed by atoms with E-state index in [1.165, 1.54) is 5.56 Å². The molecule has 0 bridgehead atoms. The van der Waals surface area contributed by atoms with Gasteiger partial charge >= 0.3 is 0 Å². The number of aromatic nitrogens is 4. The Labute approximate surface area is 140 Å². The minimum Gasteiger partial charge on any atom is -0.305 e. The zero-order valence-corrected chi connectivity index (χ0v) is 13.9. The van der Waals surface area contributed by atoms with Gasteiger partial charge in [0.2, 0.25) is 0 Å². The maximum absolute atomic E-state index is 12.8. The lowest BCUT2D eigenvalue weighted by Gasteiger charge is -2.27. The number of fused-ring (bicyclic) bond motifs is 2. The van der Waals surface area contributed by atoms with Crippen molar-refractivity contribution < 1.29 is 0 Å². The van der Waals surface area contributed by atoms with E-state index in [0.29, 0.717) is 17.6 Å². The molecule has 4 rings (SSSR count). The topological polar surface area (TPSA) is 64.7 Å². The van der Waals surface area contributed by atoms with Crippen LogP contribution in [0.15, 0.2) is 41.3 Å². The van der Waals surface area contributed by atoms with Gasteiger partial charge in [-0.05, 0) is 25.8 Å². The number of hydrogen-bond donors (Lipinski definition) is 1. The molecule has 3 heterocycles. The predicted molar refractivity (Wildman–Crippen MR) is 93.1 cm³/mol. The van der Waals surface area contributed by atoms with Gasteiger partial charge in [0, 0.05) is 19.1 Å². The smallest absolute Gasteiger partial charge is 0.264 e. The Balaban J connectivity index is 1.84. The lowest BCUT2D eigenvalue weighted by atomic mass is 10.0.